The van der Waals surface area contributed by atoms with Gasteiger partial charge in [-0.3, -0.25) is 9.10 Å². The third kappa shape index (κ3) is 5.29. The van der Waals surface area contributed by atoms with Crippen LogP contribution in [0.25, 0.3) is 11.4 Å². The number of aryl methyl sites for hydroxylation is 3. The first-order valence-corrected chi connectivity index (χ1v) is 11.6. The summed E-state index contributed by atoms with van der Waals surface area (Å²) in [5.74, 6) is 0.182. The topological polar surface area (TPSA) is 105 Å². The van der Waals surface area contributed by atoms with Crippen molar-refractivity contribution in [3.63, 3.8) is 0 Å². The van der Waals surface area contributed by atoms with Crippen LogP contribution >= 0.6 is 0 Å². The lowest BCUT2D eigenvalue weighted by Crippen LogP contribution is -2.47. The van der Waals surface area contributed by atoms with Gasteiger partial charge in [0.1, 0.15) is 6.04 Å². The molecule has 0 saturated heterocycles. The number of amides is 1. The molecule has 164 valence electrons. The highest BCUT2D eigenvalue weighted by Crippen LogP contribution is 2.24. The summed E-state index contributed by atoms with van der Waals surface area (Å²) in [6.07, 6.45) is 1.08. The summed E-state index contributed by atoms with van der Waals surface area (Å²) in [6, 6.07) is 12.0. The van der Waals surface area contributed by atoms with Crippen LogP contribution in [0.3, 0.4) is 0 Å². The van der Waals surface area contributed by atoms with Crippen LogP contribution in [0, 0.1) is 20.8 Å². The summed E-state index contributed by atoms with van der Waals surface area (Å²) in [4.78, 5) is 17.0. The molecule has 0 aliphatic rings. The second-order valence-electron chi connectivity index (χ2n) is 7.60. The molecule has 0 bridgehead atoms. The van der Waals surface area contributed by atoms with E-state index in [4.69, 9.17) is 4.52 Å². The molecule has 9 heteroatoms. The minimum absolute atomic E-state index is 0.00742. The molecule has 0 spiro atoms. The van der Waals surface area contributed by atoms with Crippen molar-refractivity contribution in [2.24, 2.45) is 0 Å². The molecule has 1 atom stereocenters. The van der Waals surface area contributed by atoms with Gasteiger partial charge in [0.25, 0.3) is 0 Å². The molecule has 1 heterocycles. The number of benzene rings is 2. The standard InChI is InChI=1S/C22H26N4O4S/c1-14-7-6-8-18(11-14)21-24-20(30-25-21)13-23-22(27)17(4)26(31(5,28)29)19-10-9-15(2)16(3)12-19/h6-12,17H,13H2,1-5H3,(H,23,27)/t17-/m1/s1. The SMILES string of the molecule is Cc1cccc(-c2noc(CNC(=O)[C@@H](C)N(c3ccc(C)c(C)c3)S(C)(=O)=O)n2)c1. The fourth-order valence-electron chi connectivity index (χ4n) is 3.21. The normalized spacial score (nSPS) is 12.4. The van der Waals surface area contributed by atoms with Gasteiger partial charge >= 0.3 is 0 Å². The van der Waals surface area contributed by atoms with Crippen LogP contribution in [0.2, 0.25) is 0 Å². The Balaban J connectivity index is 1.73. The number of carbonyl (C=O) groups excluding carboxylic acids is 1. The summed E-state index contributed by atoms with van der Waals surface area (Å²) in [7, 11) is -3.69. The quantitative estimate of drug-likeness (QED) is 0.603. The number of nitrogens with zero attached hydrogens (tertiary/aromatic N) is 3. The van der Waals surface area contributed by atoms with Crippen LogP contribution in [0.1, 0.15) is 29.5 Å². The van der Waals surface area contributed by atoms with Crippen molar-refractivity contribution < 1.29 is 17.7 Å². The van der Waals surface area contributed by atoms with E-state index in [-0.39, 0.29) is 12.4 Å². The number of rotatable bonds is 7. The highest BCUT2D eigenvalue weighted by Gasteiger charge is 2.29. The van der Waals surface area contributed by atoms with Crippen molar-refractivity contribution in [1.29, 1.82) is 0 Å². The molecule has 3 rings (SSSR count). The van der Waals surface area contributed by atoms with Crippen LogP contribution in [-0.2, 0) is 21.4 Å². The number of hydrogen-bond donors (Lipinski definition) is 1. The van der Waals surface area contributed by atoms with E-state index in [9.17, 15) is 13.2 Å². The second kappa shape index (κ2) is 8.89. The van der Waals surface area contributed by atoms with Gasteiger partial charge in [-0.05, 0) is 57.0 Å². The van der Waals surface area contributed by atoms with Gasteiger partial charge in [0.15, 0.2) is 0 Å². The Morgan fingerprint density at radius 2 is 1.87 bits per heavy atom. The molecular formula is C22H26N4O4S. The first kappa shape index (κ1) is 22.5. The summed E-state index contributed by atoms with van der Waals surface area (Å²) < 4.78 is 31.2. The summed E-state index contributed by atoms with van der Waals surface area (Å²) in [6.45, 7) is 7.33. The number of aromatic nitrogens is 2. The summed E-state index contributed by atoms with van der Waals surface area (Å²) in [5.41, 5.74) is 4.29. The van der Waals surface area contributed by atoms with Crippen LogP contribution in [0.4, 0.5) is 5.69 Å². The Hall–Kier alpha value is -3.20. The Morgan fingerprint density at radius 1 is 1.13 bits per heavy atom. The molecule has 0 fully saturated rings. The molecule has 1 amide bonds. The van der Waals surface area contributed by atoms with Gasteiger partial charge in [0, 0.05) is 5.56 Å². The molecule has 0 aliphatic carbocycles. The first-order valence-electron chi connectivity index (χ1n) is 9.80. The highest BCUT2D eigenvalue weighted by atomic mass is 32.2. The van der Waals surface area contributed by atoms with Crippen molar-refractivity contribution >= 4 is 21.6 Å². The number of hydrogen-bond acceptors (Lipinski definition) is 6. The molecule has 0 radical (unpaired) electrons. The predicted octanol–water partition coefficient (Wildman–Crippen LogP) is 3.13. The maximum absolute atomic E-state index is 12.7. The maximum Gasteiger partial charge on any atom is 0.246 e. The molecular weight excluding hydrogens is 416 g/mol. The minimum Gasteiger partial charge on any atom is -0.345 e. The summed E-state index contributed by atoms with van der Waals surface area (Å²) >= 11 is 0. The zero-order chi connectivity index (χ0) is 22.8. The van der Waals surface area contributed by atoms with E-state index in [0.717, 1.165) is 32.8 Å². The minimum atomic E-state index is -3.69. The molecule has 2 aromatic carbocycles. The molecule has 0 unspecified atom stereocenters. The monoisotopic (exact) mass is 442 g/mol. The third-order valence-corrected chi connectivity index (χ3v) is 6.23. The fourth-order valence-corrected chi connectivity index (χ4v) is 4.38. The molecule has 8 nitrogen and oxygen atoms in total. The van der Waals surface area contributed by atoms with Gasteiger partial charge < -0.3 is 9.84 Å². The summed E-state index contributed by atoms with van der Waals surface area (Å²) in [5, 5.41) is 6.63. The second-order valence-corrected chi connectivity index (χ2v) is 9.46. The average Bonchev–Trinajstić information content (AvgIpc) is 3.17. The van der Waals surface area contributed by atoms with Gasteiger partial charge in [-0.1, -0.05) is 35.0 Å². The molecule has 31 heavy (non-hydrogen) atoms. The number of anilines is 1. The van der Waals surface area contributed by atoms with Gasteiger partial charge in [-0.25, -0.2) is 8.42 Å². The Kier molecular flexibility index (Phi) is 6.45. The van der Waals surface area contributed by atoms with Crippen LogP contribution < -0.4 is 9.62 Å². The zero-order valence-corrected chi connectivity index (χ0v) is 19.0. The Morgan fingerprint density at radius 3 is 2.52 bits per heavy atom. The van der Waals surface area contributed by atoms with Crippen molar-refractivity contribution in [3.8, 4) is 11.4 Å². The number of carbonyl (C=O) groups is 1. The van der Waals surface area contributed by atoms with Crippen LogP contribution in [-0.4, -0.2) is 36.8 Å². The molecule has 3 aromatic rings. The lowest BCUT2D eigenvalue weighted by atomic mass is 10.1. The Labute approximate surface area is 182 Å². The molecule has 0 aliphatic heterocycles. The van der Waals surface area contributed by atoms with E-state index in [0.29, 0.717) is 11.5 Å². The molecule has 1 aromatic heterocycles. The molecule has 0 saturated carbocycles. The predicted molar refractivity (Wildman–Crippen MR) is 119 cm³/mol. The van der Waals surface area contributed by atoms with E-state index < -0.39 is 22.0 Å². The largest absolute Gasteiger partial charge is 0.345 e. The van der Waals surface area contributed by atoms with Gasteiger partial charge in [-0.15, -0.1) is 0 Å². The smallest absolute Gasteiger partial charge is 0.246 e. The number of sulfonamides is 1. The van der Waals surface area contributed by atoms with E-state index in [2.05, 4.69) is 15.5 Å². The van der Waals surface area contributed by atoms with Crippen molar-refractivity contribution in [3.05, 3.63) is 65.0 Å². The van der Waals surface area contributed by atoms with Gasteiger partial charge in [0.05, 0.1) is 18.5 Å². The van der Waals surface area contributed by atoms with Crippen molar-refractivity contribution in [2.75, 3.05) is 10.6 Å². The molecule has 1 N–H and O–H groups in total. The lowest BCUT2D eigenvalue weighted by Gasteiger charge is -2.28. The number of nitrogens with one attached hydrogen (secondary N) is 1. The van der Waals surface area contributed by atoms with E-state index >= 15 is 0 Å². The van der Waals surface area contributed by atoms with Gasteiger partial charge in [0.2, 0.25) is 27.6 Å². The maximum atomic E-state index is 12.7. The zero-order valence-electron chi connectivity index (χ0n) is 18.2. The van der Waals surface area contributed by atoms with Crippen LogP contribution in [0.15, 0.2) is 47.0 Å². The van der Waals surface area contributed by atoms with E-state index in [1.165, 1.54) is 6.92 Å². The van der Waals surface area contributed by atoms with Crippen LogP contribution in [0.5, 0.6) is 0 Å². The highest BCUT2D eigenvalue weighted by molar-refractivity contribution is 7.92. The van der Waals surface area contributed by atoms with Gasteiger partial charge in [-0.2, -0.15) is 4.98 Å². The lowest BCUT2D eigenvalue weighted by molar-refractivity contribution is -0.122. The van der Waals surface area contributed by atoms with E-state index in [1.54, 1.807) is 12.1 Å². The third-order valence-electron chi connectivity index (χ3n) is 4.99. The first-order chi connectivity index (χ1) is 14.6. The van der Waals surface area contributed by atoms with E-state index in [1.807, 2.05) is 51.1 Å². The average molecular weight is 443 g/mol. The Bertz CT molecular complexity index is 1200. The fraction of sp³-hybridized carbons (Fsp3) is 0.318. The van der Waals surface area contributed by atoms with Crippen molar-refractivity contribution in [2.45, 2.75) is 40.3 Å². The van der Waals surface area contributed by atoms with Crippen molar-refractivity contribution in [1.82, 2.24) is 15.5 Å².